The summed E-state index contributed by atoms with van der Waals surface area (Å²) in [5.74, 6) is 2.40. The van der Waals surface area contributed by atoms with Gasteiger partial charge in [-0.25, -0.2) is 0 Å². The molecular formula is C17H25NO4. The Morgan fingerprint density at radius 3 is 2.09 bits per heavy atom. The second-order valence-corrected chi connectivity index (χ2v) is 6.17. The van der Waals surface area contributed by atoms with Crippen molar-refractivity contribution in [1.29, 1.82) is 0 Å². The number of nitrogens with zero attached hydrogens (tertiary/aromatic N) is 1. The summed E-state index contributed by atoms with van der Waals surface area (Å²) in [5, 5.41) is 10.5. The lowest BCUT2D eigenvalue weighted by molar-refractivity contribution is -0.0715. The van der Waals surface area contributed by atoms with Crippen molar-refractivity contribution < 1.29 is 19.3 Å². The van der Waals surface area contributed by atoms with Gasteiger partial charge in [0.1, 0.15) is 0 Å². The molecule has 3 heterocycles. The van der Waals surface area contributed by atoms with Gasteiger partial charge in [0.2, 0.25) is 5.75 Å². The maximum absolute atomic E-state index is 10.5. The Morgan fingerprint density at radius 1 is 1.05 bits per heavy atom. The highest BCUT2D eigenvalue weighted by Gasteiger charge is 2.41. The van der Waals surface area contributed by atoms with Crippen molar-refractivity contribution in [2.75, 3.05) is 34.4 Å². The first-order chi connectivity index (χ1) is 10.7. The zero-order valence-electron chi connectivity index (χ0n) is 13.5. The summed E-state index contributed by atoms with van der Waals surface area (Å²) >= 11 is 0. The van der Waals surface area contributed by atoms with E-state index < -0.39 is 0 Å². The highest BCUT2D eigenvalue weighted by Crippen LogP contribution is 2.40. The molecule has 1 aromatic rings. The summed E-state index contributed by atoms with van der Waals surface area (Å²) < 4.78 is 16.2. The van der Waals surface area contributed by atoms with E-state index in [1.807, 2.05) is 12.1 Å². The molecule has 3 fully saturated rings. The van der Waals surface area contributed by atoms with Gasteiger partial charge in [-0.05, 0) is 56.0 Å². The molecule has 22 heavy (non-hydrogen) atoms. The summed E-state index contributed by atoms with van der Waals surface area (Å²) in [6, 6.07) is 4.16. The number of ether oxygens (including phenoxy) is 3. The molecule has 2 bridgehead atoms. The molecule has 122 valence electrons. The predicted octanol–water partition coefficient (Wildman–Crippen LogP) is 1.71. The molecule has 1 aromatic carbocycles. The molecule has 5 nitrogen and oxygen atoms in total. The van der Waals surface area contributed by atoms with Gasteiger partial charge < -0.3 is 19.3 Å². The minimum atomic E-state index is -0.235. The van der Waals surface area contributed by atoms with Crippen molar-refractivity contribution in [2.24, 2.45) is 5.92 Å². The number of piperidine rings is 3. The van der Waals surface area contributed by atoms with Gasteiger partial charge in [0.25, 0.3) is 0 Å². The molecule has 3 aliphatic heterocycles. The first-order valence-corrected chi connectivity index (χ1v) is 7.89. The van der Waals surface area contributed by atoms with Crippen LogP contribution in [-0.4, -0.2) is 56.6 Å². The second-order valence-electron chi connectivity index (χ2n) is 6.17. The van der Waals surface area contributed by atoms with Crippen LogP contribution in [0, 0.1) is 5.92 Å². The summed E-state index contributed by atoms with van der Waals surface area (Å²) in [6.45, 7) is 2.19. The third kappa shape index (κ3) is 2.63. The second kappa shape index (κ2) is 6.34. The van der Waals surface area contributed by atoms with E-state index in [0.717, 1.165) is 37.9 Å². The van der Waals surface area contributed by atoms with Gasteiger partial charge in [-0.1, -0.05) is 0 Å². The van der Waals surface area contributed by atoms with Gasteiger partial charge in [-0.15, -0.1) is 0 Å². The Labute approximate surface area is 131 Å². The molecule has 0 unspecified atom stereocenters. The van der Waals surface area contributed by atoms with E-state index in [9.17, 15) is 5.11 Å². The van der Waals surface area contributed by atoms with Crippen molar-refractivity contribution in [3.05, 3.63) is 17.7 Å². The number of hydrogen-bond donors (Lipinski definition) is 1. The molecule has 0 spiro atoms. The standard InChI is InChI=1S/C17H25NO4/c1-20-14-9-11(10-15(21-2)17(14)22-3)8-13-16(19)12-4-6-18(13)7-5-12/h9-10,12-13,16,19H,4-8H2,1-3H3/t13-,16-/m1/s1. The van der Waals surface area contributed by atoms with Crippen LogP contribution in [0.4, 0.5) is 0 Å². The smallest absolute Gasteiger partial charge is 0.203 e. The summed E-state index contributed by atoms with van der Waals surface area (Å²) in [6.07, 6.45) is 2.80. The third-order valence-electron chi connectivity index (χ3n) is 5.09. The zero-order chi connectivity index (χ0) is 15.7. The van der Waals surface area contributed by atoms with Crippen LogP contribution < -0.4 is 14.2 Å². The fourth-order valence-electron chi connectivity index (χ4n) is 3.87. The Morgan fingerprint density at radius 2 is 1.64 bits per heavy atom. The first kappa shape index (κ1) is 15.4. The van der Waals surface area contributed by atoms with Crippen molar-refractivity contribution in [2.45, 2.75) is 31.4 Å². The SMILES string of the molecule is COc1cc(C[C@@H]2[C@H](O)C3CCN2CC3)cc(OC)c1OC. The molecule has 3 saturated heterocycles. The monoisotopic (exact) mass is 307 g/mol. The molecular weight excluding hydrogens is 282 g/mol. The van der Waals surface area contributed by atoms with Crippen LogP contribution in [0.3, 0.4) is 0 Å². The fraction of sp³-hybridized carbons (Fsp3) is 0.647. The molecule has 0 amide bonds. The van der Waals surface area contributed by atoms with Crippen LogP contribution in [0.15, 0.2) is 12.1 Å². The minimum Gasteiger partial charge on any atom is -0.493 e. The topological polar surface area (TPSA) is 51.2 Å². The number of fused-ring (bicyclic) bond motifs is 3. The lowest BCUT2D eigenvalue weighted by Crippen LogP contribution is -2.58. The zero-order valence-corrected chi connectivity index (χ0v) is 13.5. The normalized spacial score (nSPS) is 30.2. The molecule has 3 aliphatic rings. The van der Waals surface area contributed by atoms with Crippen molar-refractivity contribution in [3.63, 3.8) is 0 Å². The van der Waals surface area contributed by atoms with Crippen LogP contribution in [0.25, 0.3) is 0 Å². The van der Waals surface area contributed by atoms with Crippen LogP contribution in [0.2, 0.25) is 0 Å². The van der Waals surface area contributed by atoms with Crippen LogP contribution in [0.1, 0.15) is 18.4 Å². The summed E-state index contributed by atoms with van der Waals surface area (Å²) in [4.78, 5) is 2.41. The highest BCUT2D eigenvalue weighted by atomic mass is 16.5. The Bertz CT molecular complexity index is 498. The van der Waals surface area contributed by atoms with E-state index in [2.05, 4.69) is 4.90 Å². The molecule has 2 atom stereocenters. The quantitative estimate of drug-likeness (QED) is 0.897. The molecule has 0 saturated carbocycles. The first-order valence-electron chi connectivity index (χ1n) is 7.89. The van der Waals surface area contributed by atoms with Gasteiger partial charge in [-0.3, -0.25) is 4.90 Å². The van der Waals surface area contributed by atoms with E-state index in [1.165, 1.54) is 0 Å². The van der Waals surface area contributed by atoms with Gasteiger partial charge >= 0.3 is 0 Å². The Balaban J connectivity index is 1.86. The number of aliphatic hydroxyl groups excluding tert-OH is 1. The van der Waals surface area contributed by atoms with Gasteiger partial charge in [-0.2, -0.15) is 0 Å². The average molecular weight is 307 g/mol. The van der Waals surface area contributed by atoms with Gasteiger partial charge in [0.05, 0.1) is 27.4 Å². The predicted molar refractivity (Wildman–Crippen MR) is 83.9 cm³/mol. The lowest BCUT2D eigenvalue weighted by Gasteiger charge is -2.49. The Kier molecular flexibility index (Phi) is 4.45. The lowest BCUT2D eigenvalue weighted by atomic mass is 9.78. The van der Waals surface area contributed by atoms with E-state index in [-0.39, 0.29) is 12.1 Å². The Hall–Kier alpha value is -1.46. The molecule has 0 radical (unpaired) electrons. The average Bonchev–Trinajstić information content (AvgIpc) is 2.57. The van der Waals surface area contributed by atoms with Gasteiger partial charge in [0, 0.05) is 6.04 Å². The maximum atomic E-state index is 10.5. The molecule has 5 heteroatoms. The number of hydrogen-bond acceptors (Lipinski definition) is 5. The number of methoxy groups -OCH3 is 3. The maximum Gasteiger partial charge on any atom is 0.203 e. The van der Waals surface area contributed by atoms with E-state index in [0.29, 0.717) is 23.2 Å². The summed E-state index contributed by atoms with van der Waals surface area (Å²) in [7, 11) is 4.86. The molecule has 0 aromatic heterocycles. The van der Waals surface area contributed by atoms with Crippen LogP contribution in [-0.2, 0) is 6.42 Å². The van der Waals surface area contributed by atoms with Crippen molar-refractivity contribution in [3.8, 4) is 17.2 Å². The van der Waals surface area contributed by atoms with E-state index in [4.69, 9.17) is 14.2 Å². The molecule has 4 rings (SSSR count). The fourth-order valence-corrected chi connectivity index (χ4v) is 3.87. The van der Waals surface area contributed by atoms with Crippen molar-refractivity contribution >= 4 is 0 Å². The molecule has 0 aliphatic carbocycles. The number of rotatable bonds is 5. The number of benzene rings is 1. The van der Waals surface area contributed by atoms with E-state index >= 15 is 0 Å². The molecule has 1 N–H and O–H groups in total. The highest BCUT2D eigenvalue weighted by molar-refractivity contribution is 5.54. The van der Waals surface area contributed by atoms with Crippen LogP contribution in [0.5, 0.6) is 17.2 Å². The summed E-state index contributed by atoms with van der Waals surface area (Å²) in [5.41, 5.74) is 1.10. The van der Waals surface area contributed by atoms with Crippen LogP contribution >= 0.6 is 0 Å². The van der Waals surface area contributed by atoms with E-state index in [1.54, 1.807) is 21.3 Å². The largest absolute Gasteiger partial charge is 0.493 e. The number of aliphatic hydroxyl groups is 1. The third-order valence-corrected chi connectivity index (χ3v) is 5.09. The van der Waals surface area contributed by atoms with Crippen molar-refractivity contribution in [1.82, 2.24) is 4.90 Å². The van der Waals surface area contributed by atoms with Gasteiger partial charge in [0.15, 0.2) is 11.5 Å². The minimum absolute atomic E-state index is 0.190.